The molecule has 0 aromatic carbocycles. The lowest BCUT2D eigenvalue weighted by molar-refractivity contribution is -0.121. The normalized spacial score (nSPS) is 28.5. The van der Waals surface area contributed by atoms with Gasteiger partial charge < -0.3 is 24.8 Å². The fraction of sp³-hybridized carbons (Fsp3) is 0.923. The van der Waals surface area contributed by atoms with E-state index in [9.17, 15) is 4.79 Å². The summed E-state index contributed by atoms with van der Waals surface area (Å²) < 4.78 is 16.1. The van der Waals surface area contributed by atoms with E-state index in [0.717, 1.165) is 39.1 Å². The van der Waals surface area contributed by atoms with Crippen molar-refractivity contribution >= 4 is 5.91 Å². The van der Waals surface area contributed by atoms with Crippen LogP contribution in [0.2, 0.25) is 0 Å². The van der Waals surface area contributed by atoms with E-state index in [4.69, 9.17) is 14.2 Å². The number of hydrogen-bond donors (Lipinski definition) is 2. The Bertz CT molecular complexity index is 286. The van der Waals surface area contributed by atoms with Crippen molar-refractivity contribution < 1.29 is 19.0 Å². The van der Waals surface area contributed by atoms with Crippen LogP contribution in [-0.2, 0) is 19.0 Å². The number of hydrogen-bond acceptors (Lipinski definition) is 5. The van der Waals surface area contributed by atoms with Crippen LogP contribution in [0.1, 0.15) is 19.3 Å². The van der Waals surface area contributed by atoms with Crippen molar-refractivity contribution in [2.45, 2.75) is 30.9 Å². The summed E-state index contributed by atoms with van der Waals surface area (Å²) in [6.45, 7) is 3.76. The highest BCUT2D eigenvalue weighted by molar-refractivity contribution is 5.78. The molecule has 2 rings (SSSR count). The highest BCUT2D eigenvalue weighted by Crippen LogP contribution is 2.21. The number of nitrogens with one attached hydrogen (secondary N) is 2. The summed E-state index contributed by atoms with van der Waals surface area (Å²) in [7, 11) is 1.69. The third kappa shape index (κ3) is 4.42. The molecule has 6 nitrogen and oxygen atoms in total. The van der Waals surface area contributed by atoms with Gasteiger partial charge in [-0.1, -0.05) is 0 Å². The van der Waals surface area contributed by atoms with Crippen LogP contribution in [0.25, 0.3) is 0 Å². The molecular weight excluding hydrogens is 248 g/mol. The number of amides is 1. The third-order valence-electron chi connectivity index (χ3n) is 3.82. The average molecular weight is 272 g/mol. The lowest BCUT2D eigenvalue weighted by atomic mass is 10.0. The number of carbonyl (C=O) groups is 1. The van der Waals surface area contributed by atoms with Crippen LogP contribution in [-0.4, -0.2) is 64.2 Å². The zero-order valence-electron chi connectivity index (χ0n) is 11.6. The highest BCUT2D eigenvalue weighted by Gasteiger charge is 2.34. The average Bonchev–Trinajstić information content (AvgIpc) is 2.89. The number of methoxy groups -OCH3 is 1. The van der Waals surface area contributed by atoms with Crippen LogP contribution in [0.4, 0.5) is 0 Å². The fourth-order valence-electron chi connectivity index (χ4n) is 2.49. The monoisotopic (exact) mass is 272 g/mol. The molecule has 110 valence electrons. The van der Waals surface area contributed by atoms with Crippen molar-refractivity contribution in [3.05, 3.63) is 0 Å². The summed E-state index contributed by atoms with van der Waals surface area (Å²) in [6, 6.07) is 0.259. The van der Waals surface area contributed by atoms with E-state index in [1.165, 1.54) is 0 Å². The first-order valence-electron chi connectivity index (χ1n) is 6.95. The summed E-state index contributed by atoms with van der Waals surface area (Å²) in [5.41, 5.74) is -0.265. The van der Waals surface area contributed by atoms with Crippen molar-refractivity contribution in [3.63, 3.8) is 0 Å². The molecule has 2 fully saturated rings. The van der Waals surface area contributed by atoms with E-state index >= 15 is 0 Å². The van der Waals surface area contributed by atoms with Gasteiger partial charge in [-0.2, -0.15) is 0 Å². The number of rotatable bonds is 6. The Kier molecular flexibility index (Phi) is 5.57. The zero-order chi connectivity index (χ0) is 13.6. The summed E-state index contributed by atoms with van der Waals surface area (Å²) in [5.74, 6) is 0.0390. The lowest BCUT2D eigenvalue weighted by Crippen LogP contribution is -2.48. The smallest absolute Gasteiger partial charge is 0.234 e. The first kappa shape index (κ1) is 14.7. The molecule has 1 unspecified atom stereocenters. The molecule has 0 aromatic rings. The van der Waals surface area contributed by atoms with Gasteiger partial charge in [-0.15, -0.1) is 0 Å². The molecule has 0 saturated carbocycles. The third-order valence-corrected chi connectivity index (χ3v) is 3.82. The van der Waals surface area contributed by atoms with E-state index < -0.39 is 0 Å². The number of carbonyl (C=O) groups excluding carboxylic acids is 1. The van der Waals surface area contributed by atoms with E-state index in [1.807, 2.05) is 0 Å². The summed E-state index contributed by atoms with van der Waals surface area (Å²) in [6.07, 6.45) is 2.68. The van der Waals surface area contributed by atoms with E-state index in [0.29, 0.717) is 19.7 Å². The van der Waals surface area contributed by atoms with Crippen molar-refractivity contribution in [1.82, 2.24) is 10.6 Å². The molecule has 2 aliphatic heterocycles. The van der Waals surface area contributed by atoms with Crippen LogP contribution < -0.4 is 10.6 Å². The number of ether oxygens (including phenoxy) is 3. The fourth-order valence-corrected chi connectivity index (χ4v) is 2.49. The molecule has 2 aliphatic rings. The zero-order valence-corrected chi connectivity index (χ0v) is 11.6. The molecule has 0 aromatic heterocycles. The molecule has 1 amide bonds. The molecule has 0 radical (unpaired) electrons. The first-order valence-corrected chi connectivity index (χ1v) is 6.95. The largest absolute Gasteiger partial charge is 0.381 e. The Morgan fingerprint density at radius 2 is 2.11 bits per heavy atom. The van der Waals surface area contributed by atoms with Crippen molar-refractivity contribution in [2.75, 3.05) is 46.6 Å². The molecule has 0 bridgehead atoms. The van der Waals surface area contributed by atoms with Gasteiger partial charge in [0.1, 0.15) is 5.60 Å². The Balaban J connectivity index is 1.63. The Morgan fingerprint density at radius 3 is 2.74 bits per heavy atom. The van der Waals surface area contributed by atoms with Gasteiger partial charge in [-0.25, -0.2) is 0 Å². The summed E-state index contributed by atoms with van der Waals surface area (Å²) in [4.78, 5) is 11.8. The summed E-state index contributed by atoms with van der Waals surface area (Å²) in [5, 5.41) is 6.18. The van der Waals surface area contributed by atoms with Crippen LogP contribution >= 0.6 is 0 Å². The molecule has 0 aliphatic carbocycles. The lowest BCUT2D eigenvalue weighted by Gasteiger charge is -2.26. The maximum absolute atomic E-state index is 11.8. The molecule has 2 heterocycles. The second-order valence-corrected chi connectivity index (χ2v) is 5.25. The molecule has 1 atom stereocenters. The predicted molar refractivity (Wildman–Crippen MR) is 70.0 cm³/mol. The van der Waals surface area contributed by atoms with Crippen LogP contribution in [0.15, 0.2) is 0 Å². The predicted octanol–water partition coefficient (Wildman–Crippen LogP) is -0.323. The van der Waals surface area contributed by atoms with Crippen LogP contribution in [0.5, 0.6) is 0 Å². The van der Waals surface area contributed by atoms with Gasteiger partial charge in [0.05, 0.1) is 13.2 Å². The van der Waals surface area contributed by atoms with Gasteiger partial charge in [0.15, 0.2) is 0 Å². The minimum absolute atomic E-state index is 0.0390. The van der Waals surface area contributed by atoms with Gasteiger partial charge in [-0.3, -0.25) is 4.79 Å². The van der Waals surface area contributed by atoms with Gasteiger partial charge in [0.25, 0.3) is 0 Å². The standard InChI is InChI=1S/C13H24N2O4/c1-17-13(4-7-19-10-13)9-14-8-12(16)15-11-2-5-18-6-3-11/h11,14H,2-10H2,1H3,(H,15,16). The van der Waals surface area contributed by atoms with Gasteiger partial charge in [-0.05, 0) is 12.8 Å². The topological polar surface area (TPSA) is 68.8 Å². The Labute approximate surface area is 114 Å². The van der Waals surface area contributed by atoms with Gasteiger partial charge >= 0.3 is 0 Å². The molecule has 2 saturated heterocycles. The van der Waals surface area contributed by atoms with Crippen LogP contribution in [0.3, 0.4) is 0 Å². The Hall–Kier alpha value is -0.690. The first-order chi connectivity index (χ1) is 9.24. The quantitative estimate of drug-likeness (QED) is 0.693. The van der Waals surface area contributed by atoms with E-state index in [1.54, 1.807) is 7.11 Å². The minimum Gasteiger partial charge on any atom is -0.381 e. The van der Waals surface area contributed by atoms with E-state index in [-0.39, 0.29) is 17.6 Å². The summed E-state index contributed by atoms with van der Waals surface area (Å²) >= 11 is 0. The highest BCUT2D eigenvalue weighted by atomic mass is 16.5. The molecule has 0 spiro atoms. The van der Waals surface area contributed by atoms with Gasteiger partial charge in [0, 0.05) is 45.9 Å². The molecule has 19 heavy (non-hydrogen) atoms. The van der Waals surface area contributed by atoms with E-state index in [2.05, 4.69) is 10.6 Å². The molecule has 6 heteroatoms. The van der Waals surface area contributed by atoms with Crippen LogP contribution in [0, 0.1) is 0 Å². The van der Waals surface area contributed by atoms with Crippen molar-refractivity contribution in [3.8, 4) is 0 Å². The Morgan fingerprint density at radius 1 is 1.32 bits per heavy atom. The maximum Gasteiger partial charge on any atom is 0.234 e. The van der Waals surface area contributed by atoms with Crippen molar-refractivity contribution in [2.24, 2.45) is 0 Å². The minimum atomic E-state index is -0.265. The molecular formula is C13H24N2O4. The van der Waals surface area contributed by atoms with Gasteiger partial charge in [0.2, 0.25) is 5.91 Å². The maximum atomic E-state index is 11.8. The second-order valence-electron chi connectivity index (χ2n) is 5.25. The second kappa shape index (κ2) is 7.19. The van der Waals surface area contributed by atoms with Crippen molar-refractivity contribution in [1.29, 1.82) is 0 Å². The SMILES string of the molecule is COC1(CNCC(=O)NC2CCOCC2)CCOC1. The molecule has 2 N–H and O–H groups in total.